The van der Waals surface area contributed by atoms with Crippen molar-refractivity contribution in [2.24, 2.45) is 0 Å². The molecule has 0 spiro atoms. The minimum atomic E-state index is -0.741. The van der Waals surface area contributed by atoms with Gasteiger partial charge in [0, 0.05) is 6.54 Å². The highest BCUT2D eigenvalue weighted by atomic mass is 35.5. The lowest BCUT2D eigenvalue weighted by Crippen LogP contribution is -2.35. The van der Waals surface area contributed by atoms with Crippen LogP contribution in [0.1, 0.15) is 45.4 Å². The zero-order valence-electron chi connectivity index (χ0n) is 12.8. The van der Waals surface area contributed by atoms with E-state index in [2.05, 4.69) is 17.6 Å². The summed E-state index contributed by atoms with van der Waals surface area (Å²) in [6.45, 7) is 2.67. The predicted molar refractivity (Wildman–Crippen MR) is 91.5 cm³/mol. The maximum Gasteiger partial charge on any atom is 0.313 e. The van der Waals surface area contributed by atoms with Gasteiger partial charge in [-0.25, -0.2) is 0 Å². The molecule has 1 aromatic rings. The van der Waals surface area contributed by atoms with Crippen LogP contribution in [0.15, 0.2) is 18.2 Å². The molecule has 4 nitrogen and oxygen atoms in total. The van der Waals surface area contributed by atoms with Crippen molar-refractivity contribution in [1.29, 1.82) is 0 Å². The van der Waals surface area contributed by atoms with Crippen LogP contribution in [0.5, 0.6) is 0 Å². The maximum atomic E-state index is 11.8. The van der Waals surface area contributed by atoms with Crippen LogP contribution < -0.4 is 10.6 Å². The van der Waals surface area contributed by atoms with Gasteiger partial charge in [0.25, 0.3) is 0 Å². The lowest BCUT2D eigenvalue weighted by atomic mass is 10.1. The Bertz CT molecular complexity index is 507. The number of carbonyl (C=O) groups is 2. The average molecular weight is 345 g/mol. The number of unbranched alkanes of at least 4 members (excludes halogenated alkanes) is 5. The van der Waals surface area contributed by atoms with Crippen molar-refractivity contribution in [3.05, 3.63) is 28.2 Å². The zero-order valence-corrected chi connectivity index (χ0v) is 14.3. The van der Waals surface area contributed by atoms with Gasteiger partial charge in [0.05, 0.1) is 15.7 Å². The summed E-state index contributed by atoms with van der Waals surface area (Å²) in [7, 11) is 0. The number of nitrogens with one attached hydrogen (secondary N) is 2. The molecule has 0 aromatic heterocycles. The van der Waals surface area contributed by atoms with Gasteiger partial charge in [-0.05, 0) is 18.6 Å². The van der Waals surface area contributed by atoms with Gasteiger partial charge >= 0.3 is 11.8 Å². The molecule has 0 unspecified atom stereocenters. The highest BCUT2D eigenvalue weighted by molar-refractivity contribution is 6.45. The van der Waals surface area contributed by atoms with Crippen LogP contribution in [0, 0.1) is 0 Å². The maximum absolute atomic E-state index is 11.8. The first-order valence-corrected chi connectivity index (χ1v) is 8.35. The van der Waals surface area contributed by atoms with Crippen molar-refractivity contribution in [3.8, 4) is 0 Å². The number of halogens is 2. The van der Waals surface area contributed by atoms with Gasteiger partial charge in [0.2, 0.25) is 0 Å². The van der Waals surface area contributed by atoms with Crippen LogP contribution in [-0.4, -0.2) is 18.4 Å². The van der Waals surface area contributed by atoms with Crippen molar-refractivity contribution < 1.29 is 9.59 Å². The largest absolute Gasteiger partial charge is 0.348 e. The van der Waals surface area contributed by atoms with Crippen LogP contribution >= 0.6 is 23.2 Å². The Morgan fingerprint density at radius 3 is 2.41 bits per heavy atom. The fourth-order valence-electron chi connectivity index (χ4n) is 1.97. The summed E-state index contributed by atoms with van der Waals surface area (Å²) in [6, 6.07) is 4.85. The summed E-state index contributed by atoms with van der Waals surface area (Å²) in [4.78, 5) is 23.4. The number of rotatable bonds is 8. The van der Waals surface area contributed by atoms with Crippen LogP contribution in [0.25, 0.3) is 0 Å². The van der Waals surface area contributed by atoms with Crippen LogP contribution in [0.4, 0.5) is 5.69 Å². The number of carbonyl (C=O) groups excluding carboxylic acids is 2. The summed E-state index contributed by atoms with van der Waals surface area (Å²) >= 11 is 11.8. The summed E-state index contributed by atoms with van der Waals surface area (Å²) < 4.78 is 0. The molecule has 0 radical (unpaired) electrons. The van der Waals surface area contributed by atoms with Crippen LogP contribution in [0.3, 0.4) is 0 Å². The minimum Gasteiger partial charge on any atom is -0.348 e. The molecule has 22 heavy (non-hydrogen) atoms. The highest BCUT2D eigenvalue weighted by Crippen LogP contribution is 2.29. The second-order valence-corrected chi connectivity index (χ2v) is 5.86. The quantitative estimate of drug-likeness (QED) is 0.542. The Balaban J connectivity index is 2.28. The Labute approximate surface area is 141 Å². The van der Waals surface area contributed by atoms with E-state index in [4.69, 9.17) is 23.2 Å². The van der Waals surface area contributed by atoms with Gasteiger partial charge in [0.1, 0.15) is 0 Å². The van der Waals surface area contributed by atoms with Gasteiger partial charge in [-0.3, -0.25) is 9.59 Å². The van der Waals surface area contributed by atoms with E-state index in [1.807, 2.05) is 0 Å². The smallest absolute Gasteiger partial charge is 0.313 e. The molecule has 0 bridgehead atoms. The lowest BCUT2D eigenvalue weighted by Gasteiger charge is -2.08. The molecule has 2 amide bonds. The van der Waals surface area contributed by atoms with Crippen molar-refractivity contribution in [1.82, 2.24) is 5.32 Å². The molecule has 122 valence electrons. The second kappa shape index (κ2) is 10.5. The molecule has 0 saturated carbocycles. The Morgan fingerprint density at radius 2 is 1.68 bits per heavy atom. The molecular weight excluding hydrogens is 323 g/mol. The molecule has 0 atom stereocenters. The third kappa shape index (κ3) is 6.67. The topological polar surface area (TPSA) is 58.2 Å². The third-order valence-electron chi connectivity index (χ3n) is 3.22. The number of amides is 2. The van der Waals surface area contributed by atoms with Crippen LogP contribution in [0.2, 0.25) is 10.0 Å². The van der Waals surface area contributed by atoms with Crippen LogP contribution in [-0.2, 0) is 9.59 Å². The molecule has 2 N–H and O–H groups in total. The van der Waals surface area contributed by atoms with E-state index in [0.717, 1.165) is 19.3 Å². The normalized spacial score (nSPS) is 10.3. The Hall–Kier alpha value is -1.26. The van der Waals surface area contributed by atoms with E-state index in [-0.39, 0.29) is 5.02 Å². The number of hydrogen-bond acceptors (Lipinski definition) is 2. The first-order chi connectivity index (χ1) is 10.6. The molecule has 0 aliphatic carbocycles. The summed E-state index contributed by atoms with van der Waals surface area (Å²) in [5.41, 5.74) is 0.328. The standard InChI is InChI=1S/C16H22Cl2N2O2/c1-2-3-4-5-6-7-11-19-15(21)16(22)20-13-10-8-9-12(17)14(13)18/h8-10H,2-7,11H2,1H3,(H,19,21)(H,20,22). The van der Waals surface area contributed by atoms with Crippen molar-refractivity contribution >= 4 is 40.7 Å². The van der Waals surface area contributed by atoms with Gasteiger partial charge in [-0.15, -0.1) is 0 Å². The summed E-state index contributed by atoms with van der Waals surface area (Å²) in [5.74, 6) is -1.40. The number of benzene rings is 1. The molecule has 1 rings (SSSR count). The SMILES string of the molecule is CCCCCCCCNC(=O)C(=O)Nc1cccc(Cl)c1Cl. The van der Waals surface area contributed by atoms with Gasteiger partial charge in [0.15, 0.2) is 0 Å². The van der Waals surface area contributed by atoms with E-state index >= 15 is 0 Å². The Morgan fingerprint density at radius 1 is 1.00 bits per heavy atom. The fraction of sp³-hybridized carbons (Fsp3) is 0.500. The highest BCUT2D eigenvalue weighted by Gasteiger charge is 2.15. The Kier molecular flexibility index (Phi) is 8.94. The van der Waals surface area contributed by atoms with Crippen molar-refractivity contribution in [2.75, 3.05) is 11.9 Å². The molecule has 1 aromatic carbocycles. The monoisotopic (exact) mass is 344 g/mol. The molecule has 0 saturated heterocycles. The summed E-state index contributed by atoms with van der Waals surface area (Å²) in [5, 5.41) is 5.60. The van der Waals surface area contributed by atoms with E-state index < -0.39 is 11.8 Å². The van der Waals surface area contributed by atoms with Crippen molar-refractivity contribution in [2.45, 2.75) is 45.4 Å². The molecule has 0 aliphatic rings. The fourth-order valence-corrected chi connectivity index (χ4v) is 2.31. The molecule has 0 aliphatic heterocycles. The number of anilines is 1. The average Bonchev–Trinajstić information content (AvgIpc) is 2.50. The van der Waals surface area contributed by atoms with E-state index in [1.165, 1.54) is 19.3 Å². The van der Waals surface area contributed by atoms with Gasteiger partial charge < -0.3 is 10.6 Å². The lowest BCUT2D eigenvalue weighted by molar-refractivity contribution is -0.136. The van der Waals surface area contributed by atoms with Gasteiger partial charge in [-0.1, -0.05) is 68.3 Å². The molecule has 6 heteroatoms. The summed E-state index contributed by atoms with van der Waals surface area (Å²) in [6.07, 6.45) is 6.77. The molecule has 0 heterocycles. The third-order valence-corrected chi connectivity index (χ3v) is 4.04. The second-order valence-electron chi connectivity index (χ2n) is 5.08. The number of hydrogen-bond donors (Lipinski definition) is 2. The first kappa shape index (κ1) is 18.8. The zero-order chi connectivity index (χ0) is 16.4. The molecular formula is C16H22Cl2N2O2. The van der Waals surface area contributed by atoms with Crippen molar-refractivity contribution in [3.63, 3.8) is 0 Å². The molecule has 0 fully saturated rings. The van der Waals surface area contributed by atoms with E-state index in [1.54, 1.807) is 18.2 Å². The van der Waals surface area contributed by atoms with Gasteiger partial charge in [-0.2, -0.15) is 0 Å². The van der Waals surface area contributed by atoms with E-state index in [9.17, 15) is 9.59 Å². The minimum absolute atomic E-state index is 0.223. The predicted octanol–water partition coefficient (Wildman–Crippen LogP) is 4.41. The van der Waals surface area contributed by atoms with E-state index in [0.29, 0.717) is 17.3 Å². The first-order valence-electron chi connectivity index (χ1n) is 7.59.